The fourth-order valence-corrected chi connectivity index (χ4v) is 5.42. The van der Waals surface area contributed by atoms with Crippen molar-refractivity contribution in [2.24, 2.45) is 0 Å². The molecule has 0 bridgehead atoms. The summed E-state index contributed by atoms with van der Waals surface area (Å²) in [4.78, 5) is 24.5. The summed E-state index contributed by atoms with van der Waals surface area (Å²) in [6.07, 6.45) is -0.438. The van der Waals surface area contributed by atoms with Crippen LogP contribution >= 0.6 is 0 Å². The maximum absolute atomic E-state index is 12.9. The Balaban J connectivity index is 3.06. The van der Waals surface area contributed by atoms with Gasteiger partial charge < -0.3 is 13.7 Å². The third-order valence-corrected chi connectivity index (χ3v) is 11.6. The number of hydrogen-bond donors (Lipinski definition) is 0. The van der Waals surface area contributed by atoms with E-state index in [0.29, 0.717) is 6.54 Å². The van der Waals surface area contributed by atoms with Gasteiger partial charge in [-0.15, -0.1) is 0 Å². The number of nitrogens with zero attached hydrogens (tertiary/aromatic N) is 1. The molecular weight excluding hydrogens is 326 g/mol. The molecule has 1 aliphatic heterocycles. The Hall–Kier alpha value is -0.666. The summed E-state index contributed by atoms with van der Waals surface area (Å²) in [6.45, 7) is 20.7. The van der Waals surface area contributed by atoms with Crippen molar-refractivity contribution in [3.05, 3.63) is 0 Å². The quantitative estimate of drug-likeness (QED) is 0.429. The third-order valence-electron chi connectivity index (χ3n) is 5.07. The van der Waals surface area contributed by atoms with Crippen molar-refractivity contribution in [2.75, 3.05) is 6.54 Å². The minimum absolute atomic E-state index is 0.0317. The molecule has 0 aromatic rings. The number of carbonyl (C=O) groups excluding carboxylic acids is 2. The molecule has 7 heteroatoms. The van der Waals surface area contributed by atoms with Gasteiger partial charge in [0.1, 0.15) is 0 Å². The highest BCUT2D eigenvalue weighted by molar-refractivity contribution is 6.76. The second-order valence-corrected chi connectivity index (χ2v) is 18.7. The van der Waals surface area contributed by atoms with Gasteiger partial charge in [-0.2, -0.15) is 0 Å². The number of hydrogen-bond acceptors (Lipinski definition) is 4. The molecule has 1 aliphatic rings. The average Bonchev–Trinajstić information content (AvgIpc) is 2.29. The summed E-state index contributed by atoms with van der Waals surface area (Å²) in [5, 5.41) is 0.0317. The van der Waals surface area contributed by atoms with Crippen molar-refractivity contribution in [3.63, 3.8) is 0 Å². The molecule has 23 heavy (non-hydrogen) atoms. The van der Waals surface area contributed by atoms with E-state index in [-0.39, 0.29) is 10.9 Å². The Morgan fingerprint density at radius 3 is 2.00 bits per heavy atom. The summed E-state index contributed by atoms with van der Waals surface area (Å²) in [7, 11) is -3.83. The van der Waals surface area contributed by atoms with Gasteiger partial charge >= 0.3 is 5.97 Å². The van der Waals surface area contributed by atoms with E-state index < -0.39 is 34.2 Å². The molecule has 1 amide bonds. The van der Waals surface area contributed by atoms with Crippen LogP contribution in [0.15, 0.2) is 0 Å². The maximum atomic E-state index is 12.9. The summed E-state index contributed by atoms with van der Waals surface area (Å²) in [5.74, 6) is -0.530. The van der Waals surface area contributed by atoms with Crippen molar-refractivity contribution in [1.82, 2.24) is 4.57 Å². The van der Waals surface area contributed by atoms with Crippen LogP contribution in [-0.4, -0.2) is 51.2 Å². The maximum Gasteiger partial charge on any atom is 0.303 e. The van der Waals surface area contributed by atoms with E-state index in [1.165, 1.54) is 6.92 Å². The molecule has 0 aromatic carbocycles. The van der Waals surface area contributed by atoms with Gasteiger partial charge in [-0.3, -0.25) is 9.59 Å². The highest BCUT2D eigenvalue weighted by Gasteiger charge is 2.62. The van der Waals surface area contributed by atoms with Crippen LogP contribution in [0.2, 0.25) is 37.8 Å². The second kappa shape index (κ2) is 6.00. The van der Waals surface area contributed by atoms with Crippen LogP contribution in [0.1, 0.15) is 34.6 Å². The monoisotopic (exact) mass is 359 g/mol. The molecule has 0 radical (unpaired) electrons. The second-order valence-electron chi connectivity index (χ2n) is 9.07. The highest BCUT2D eigenvalue weighted by Crippen LogP contribution is 2.42. The first-order valence-corrected chi connectivity index (χ1v) is 14.6. The molecule has 134 valence electrons. The van der Waals surface area contributed by atoms with Crippen molar-refractivity contribution in [2.45, 2.75) is 84.1 Å². The minimum Gasteiger partial charge on any atom is -0.444 e. The van der Waals surface area contributed by atoms with Gasteiger partial charge in [0.2, 0.25) is 5.60 Å². The number of ether oxygens (including phenoxy) is 1. The zero-order chi connectivity index (χ0) is 18.4. The molecule has 2 atom stereocenters. The number of β-lactam (4-membered cyclic amide) rings is 1. The fourth-order valence-electron chi connectivity index (χ4n) is 2.49. The molecule has 0 N–H and O–H groups in total. The van der Waals surface area contributed by atoms with E-state index in [1.54, 1.807) is 0 Å². The smallest absolute Gasteiger partial charge is 0.303 e. The molecule has 0 aromatic heterocycles. The summed E-state index contributed by atoms with van der Waals surface area (Å²) in [6, 6.07) is 0. The first-order chi connectivity index (χ1) is 10.0. The molecule has 5 nitrogen and oxygen atoms in total. The van der Waals surface area contributed by atoms with E-state index in [2.05, 4.69) is 53.5 Å². The standard InChI is InChI=1S/C16H33NO4Si2/c1-12(21-23(9,10)15(3,4)5)16(20-13(2)18)11-17(14(16)19)22(6,7)8/h12H,11H2,1-10H3/t12-,16?/m1/s1. The lowest BCUT2D eigenvalue weighted by Gasteiger charge is -2.56. The average molecular weight is 360 g/mol. The topological polar surface area (TPSA) is 55.8 Å². The fraction of sp³-hybridized carbons (Fsp3) is 0.875. The molecular formula is C16H33NO4Si2. The van der Waals surface area contributed by atoms with E-state index in [1.807, 2.05) is 11.5 Å². The molecule has 1 fully saturated rings. The summed E-state index contributed by atoms with van der Waals surface area (Å²) < 4.78 is 13.8. The molecule has 1 heterocycles. The van der Waals surface area contributed by atoms with Crippen molar-refractivity contribution < 1.29 is 18.8 Å². The van der Waals surface area contributed by atoms with Crippen molar-refractivity contribution in [1.29, 1.82) is 0 Å². The summed E-state index contributed by atoms with van der Waals surface area (Å²) in [5.41, 5.74) is -1.15. The van der Waals surface area contributed by atoms with Gasteiger partial charge in [0.05, 0.1) is 12.6 Å². The van der Waals surface area contributed by atoms with Gasteiger partial charge in [0, 0.05) is 6.92 Å². The van der Waals surface area contributed by atoms with Crippen LogP contribution in [0.3, 0.4) is 0 Å². The van der Waals surface area contributed by atoms with Crippen LogP contribution in [0.25, 0.3) is 0 Å². The number of rotatable bonds is 5. The van der Waals surface area contributed by atoms with Crippen LogP contribution in [0.5, 0.6) is 0 Å². The highest BCUT2D eigenvalue weighted by atomic mass is 28.4. The molecule has 1 rings (SSSR count). The Kier molecular flexibility index (Phi) is 5.32. The van der Waals surface area contributed by atoms with E-state index in [0.717, 1.165) is 0 Å². The van der Waals surface area contributed by atoms with Gasteiger partial charge in [0.25, 0.3) is 5.91 Å². The van der Waals surface area contributed by atoms with Gasteiger partial charge in [-0.1, -0.05) is 40.4 Å². The molecule has 0 aliphatic carbocycles. The SMILES string of the molecule is CC(=O)OC1([C@@H](C)O[Si](C)(C)C(C)(C)C)CN([Si](C)(C)C)C1=O. The lowest BCUT2D eigenvalue weighted by atomic mass is 9.89. The van der Waals surface area contributed by atoms with E-state index in [4.69, 9.17) is 9.16 Å². The van der Waals surface area contributed by atoms with Crippen LogP contribution in [0, 0.1) is 0 Å². The molecule has 0 spiro atoms. The van der Waals surface area contributed by atoms with Gasteiger partial charge in [-0.25, -0.2) is 0 Å². The van der Waals surface area contributed by atoms with Crippen molar-refractivity contribution >= 4 is 28.4 Å². The van der Waals surface area contributed by atoms with Crippen molar-refractivity contribution in [3.8, 4) is 0 Å². The number of carbonyl (C=O) groups is 2. The number of amides is 1. The Bertz CT molecular complexity index is 493. The molecule has 0 saturated carbocycles. The zero-order valence-corrected chi connectivity index (χ0v) is 18.4. The van der Waals surface area contributed by atoms with E-state index >= 15 is 0 Å². The normalized spacial score (nSPS) is 24.3. The lowest BCUT2D eigenvalue weighted by Crippen LogP contribution is -2.78. The predicted octanol–water partition coefficient (Wildman–Crippen LogP) is 3.38. The first kappa shape index (κ1) is 20.4. The minimum atomic E-state index is -2.06. The third kappa shape index (κ3) is 3.88. The van der Waals surface area contributed by atoms with E-state index in [9.17, 15) is 9.59 Å². The van der Waals surface area contributed by atoms with Gasteiger partial charge in [0.15, 0.2) is 16.6 Å². The Labute approximate surface area is 142 Å². The first-order valence-electron chi connectivity index (χ1n) is 8.24. The zero-order valence-electron chi connectivity index (χ0n) is 16.4. The lowest BCUT2D eigenvalue weighted by molar-refractivity contribution is -0.200. The molecule has 1 unspecified atom stereocenters. The molecule has 1 saturated heterocycles. The number of esters is 1. The van der Waals surface area contributed by atoms with Crippen LogP contribution in [0.4, 0.5) is 0 Å². The summed E-state index contributed by atoms with van der Waals surface area (Å²) >= 11 is 0. The predicted molar refractivity (Wildman–Crippen MR) is 97.3 cm³/mol. The largest absolute Gasteiger partial charge is 0.444 e. The Morgan fingerprint density at radius 2 is 1.70 bits per heavy atom. The van der Waals surface area contributed by atoms with Crippen LogP contribution < -0.4 is 0 Å². The van der Waals surface area contributed by atoms with Gasteiger partial charge in [-0.05, 0) is 25.1 Å². The van der Waals surface area contributed by atoms with Crippen LogP contribution in [-0.2, 0) is 18.8 Å². The Morgan fingerprint density at radius 1 is 1.22 bits per heavy atom.